The number of ether oxygens (including phenoxy) is 1. The van der Waals surface area contributed by atoms with Gasteiger partial charge in [0.2, 0.25) is 0 Å². The van der Waals surface area contributed by atoms with Crippen molar-refractivity contribution in [2.24, 2.45) is 0 Å². The van der Waals surface area contributed by atoms with E-state index in [1.165, 1.54) is 12.1 Å². The predicted octanol–water partition coefficient (Wildman–Crippen LogP) is 2.23. The molecule has 1 heterocycles. The van der Waals surface area contributed by atoms with E-state index in [4.69, 9.17) is 10.5 Å². The minimum Gasteiger partial charge on any atom is -0.497 e. The molecule has 0 saturated heterocycles. The smallest absolute Gasteiger partial charge is 0.278 e. The summed E-state index contributed by atoms with van der Waals surface area (Å²) in [6, 6.07) is 10.7. The van der Waals surface area contributed by atoms with E-state index in [-0.39, 0.29) is 17.2 Å². The molecule has 3 N–H and O–H groups in total. The van der Waals surface area contributed by atoms with E-state index >= 15 is 0 Å². The van der Waals surface area contributed by atoms with Gasteiger partial charge in [-0.1, -0.05) is 0 Å². The Morgan fingerprint density at radius 2 is 1.87 bits per heavy atom. The fraction of sp³-hybridized carbons (Fsp3) is 0.0625. The molecule has 0 aliphatic carbocycles. The molecule has 7 heteroatoms. The van der Waals surface area contributed by atoms with Crippen LogP contribution >= 0.6 is 0 Å². The van der Waals surface area contributed by atoms with Gasteiger partial charge in [0.05, 0.1) is 7.11 Å². The van der Waals surface area contributed by atoms with E-state index in [1.54, 1.807) is 31.4 Å². The summed E-state index contributed by atoms with van der Waals surface area (Å²) < 4.78 is 18.2. The lowest BCUT2D eigenvalue weighted by Gasteiger charge is -2.06. The Kier molecular flexibility index (Phi) is 3.76. The lowest BCUT2D eigenvalue weighted by atomic mass is 10.1. The van der Waals surface area contributed by atoms with Crippen molar-refractivity contribution in [3.8, 4) is 28.4 Å². The highest BCUT2D eigenvalue weighted by Crippen LogP contribution is 2.23. The second-order valence-corrected chi connectivity index (χ2v) is 4.81. The molecule has 0 bridgehead atoms. The number of H-pyrrole nitrogens is 1. The quantitative estimate of drug-likeness (QED) is 0.723. The third kappa shape index (κ3) is 2.89. The van der Waals surface area contributed by atoms with Crippen LogP contribution < -0.4 is 16.0 Å². The molecule has 0 spiro atoms. The van der Waals surface area contributed by atoms with Crippen molar-refractivity contribution >= 4 is 5.69 Å². The van der Waals surface area contributed by atoms with Gasteiger partial charge >= 0.3 is 0 Å². The molecule has 0 saturated carbocycles. The summed E-state index contributed by atoms with van der Waals surface area (Å²) in [6.07, 6.45) is 0. The van der Waals surface area contributed by atoms with Crippen LogP contribution in [0.1, 0.15) is 0 Å². The van der Waals surface area contributed by atoms with E-state index in [9.17, 15) is 9.18 Å². The number of anilines is 1. The second kappa shape index (κ2) is 5.88. The number of hydrogen-bond acceptors (Lipinski definition) is 5. The number of rotatable bonds is 3. The Labute approximate surface area is 130 Å². The van der Waals surface area contributed by atoms with Crippen molar-refractivity contribution in [3.63, 3.8) is 0 Å². The van der Waals surface area contributed by atoms with Crippen LogP contribution in [0.15, 0.2) is 47.3 Å². The van der Waals surface area contributed by atoms with E-state index in [1.807, 2.05) is 0 Å². The SMILES string of the molecule is COc1ccc(-c2nnc(-c3ccc(F)cc3N)[nH]c2=O)cc1. The first-order valence-corrected chi connectivity index (χ1v) is 6.75. The summed E-state index contributed by atoms with van der Waals surface area (Å²) in [7, 11) is 1.56. The highest BCUT2D eigenvalue weighted by molar-refractivity contribution is 5.71. The first-order chi connectivity index (χ1) is 11.1. The molecule has 1 aromatic heterocycles. The molecule has 0 radical (unpaired) electrons. The lowest BCUT2D eigenvalue weighted by Crippen LogP contribution is -2.14. The maximum absolute atomic E-state index is 13.1. The molecule has 0 atom stereocenters. The maximum Gasteiger partial charge on any atom is 0.278 e. The number of nitrogens with zero attached hydrogens (tertiary/aromatic N) is 2. The first kappa shape index (κ1) is 14.7. The number of nitrogens with two attached hydrogens (primary N) is 1. The summed E-state index contributed by atoms with van der Waals surface area (Å²) in [5, 5.41) is 7.94. The molecular weight excluding hydrogens is 299 g/mol. The van der Waals surface area contributed by atoms with Crippen LogP contribution in [0.25, 0.3) is 22.6 Å². The highest BCUT2D eigenvalue weighted by Gasteiger charge is 2.11. The molecule has 3 aromatic rings. The van der Waals surface area contributed by atoms with Gasteiger partial charge in [-0.3, -0.25) is 4.79 Å². The van der Waals surface area contributed by atoms with Crippen LogP contribution in [0.3, 0.4) is 0 Å². The zero-order chi connectivity index (χ0) is 16.4. The zero-order valence-electron chi connectivity index (χ0n) is 12.2. The number of benzene rings is 2. The molecule has 0 aliphatic rings. The maximum atomic E-state index is 13.1. The molecule has 0 amide bonds. The van der Waals surface area contributed by atoms with Gasteiger partial charge in [0.15, 0.2) is 11.5 Å². The molecule has 2 aromatic carbocycles. The Morgan fingerprint density at radius 3 is 2.48 bits per heavy atom. The topological polar surface area (TPSA) is 93.9 Å². The van der Waals surface area contributed by atoms with Crippen LogP contribution in [0.4, 0.5) is 10.1 Å². The van der Waals surface area contributed by atoms with Gasteiger partial charge in [0, 0.05) is 16.8 Å². The van der Waals surface area contributed by atoms with Crippen molar-refractivity contribution in [3.05, 3.63) is 58.6 Å². The average Bonchev–Trinajstić information content (AvgIpc) is 2.55. The Bertz CT molecular complexity index is 907. The average molecular weight is 312 g/mol. The van der Waals surface area contributed by atoms with Crippen LogP contribution in [-0.2, 0) is 0 Å². The molecule has 0 aliphatic heterocycles. The van der Waals surface area contributed by atoms with Gasteiger partial charge in [-0.05, 0) is 42.5 Å². The molecule has 23 heavy (non-hydrogen) atoms. The van der Waals surface area contributed by atoms with E-state index in [0.717, 1.165) is 6.07 Å². The number of hydrogen-bond donors (Lipinski definition) is 2. The summed E-state index contributed by atoms with van der Waals surface area (Å²) in [6.45, 7) is 0. The first-order valence-electron chi connectivity index (χ1n) is 6.75. The molecular formula is C16H13FN4O2. The van der Waals surface area contributed by atoms with E-state index in [2.05, 4.69) is 15.2 Å². The molecule has 6 nitrogen and oxygen atoms in total. The highest BCUT2D eigenvalue weighted by atomic mass is 19.1. The van der Waals surface area contributed by atoms with Gasteiger partial charge in [-0.2, -0.15) is 0 Å². The van der Waals surface area contributed by atoms with Crippen LogP contribution in [0, 0.1) is 5.82 Å². The van der Waals surface area contributed by atoms with Crippen molar-refractivity contribution in [1.29, 1.82) is 0 Å². The Hall–Kier alpha value is -3.22. The number of aromatic nitrogens is 3. The number of aromatic amines is 1. The summed E-state index contributed by atoms with van der Waals surface area (Å²) in [4.78, 5) is 14.9. The minimum absolute atomic E-state index is 0.173. The zero-order valence-corrected chi connectivity index (χ0v) is 12.2. The van der Waals surface area contributed by atoms with Crippen molar-refractivity contribution in [2.75, 3.05) is 12.8 Å². The largest absolute Gasteiger partial charge is 0.497 e. The monoisotopic (exact) mass is 312 g/mol. The summed E-state index contributed by atoms with van der Waals surface area (Å²) in [5.41, 5.74) is 6.70. The Balaban J connectivity index is 2.01. The fourth-order valence-electron chi connectivity index (χ4n) is 2.15. The predicted molar refractivity (Wildman–Crippen MR) is 84.4 cm³/mol. The number of halogens is 1. The second-order valence-electron chi connectivity index (χ2n) is 4.81. The Morgan fingerprint density at radius 1 is 1.13 bits per heavy atom. The van der Waals surface area contributed by atoms with Gasteiger partial charge in [0.25, 0.3) is 5.56 Å². The normalized spacial score (nSPS) is 10.5. The third-order valence-corrected chi connectivity index (χ3v) is 3.33. The molecule has 0 fully saturated rings. The van der Waals surface area contributed by atoms with Crippen LogP contribution in [0.2, 0.25) is 0 Å². The van der Waals surface area contributed by atoms with Gasteiger partial charge in [-0.25, -0.2) is 4.39 Å². The molecule has 116 valence electrons. The van der Waals surface area contributed by atoms with Crippen molar-refractivity contribution < 1.29 is 9.13 Å². The molecule has 0 unspecified atom stereocenters. The van der Waals surface area contributed by atoms with Gasteiger partial charge < -0.3 is 15.5 Å². The number of methoxy groups -OCH3 is 1. The summed E-state index contributed by atoms with van der Waals surface area (Å²) >= 11 is 0. The standard InChI is InChI=1S/C16H13FN4O2/c1-23-11-5-2-9(3-6-11)14-16(22)19-15(21-20-14)12-7-4-10(17)8-13(12)18/h2-8H,18H2,1H3,(H,19,21,22). The van der Waals surface area contributed by atoms with Gasteiger partial charge in [-0.15, -0.1) is 10.2 Å². The molecule has 3 rings (SSSR count). The number of nitrogen functional groups attached to an aromatic ring is 1. The van der Waals surface area contributed by atoms with Crippen LogP contribution in [0.5, 0.6) is 5.75 Å². The van der Waals surface area contributed by atoms with Crippen LogP contribution in [-0.4, -0.2) is 22.3 Å². The third-order valence-electron chi connectivity index (χ3n) is 3.33. The fourth-order valence-corrected chi connectivity index (χ4v) is 2.15. The summed E-state index contributed by atoms with van der Waals surface area (Å²) in [5.74, 6) is 0.398. The van der Waals surface area contributed by atoms with Gasteiger partial charge in [0.1, 0.15) is 11.6 Å². The van der Waals surface area contributed by atoms with E-state index in [0.29, 0.717) is 16.9 Å². The lowest BCUT2D eigenvalue weighted by molar-refractivity contribution is 0.415. The minimum atomic E-state index is -0.462. The van der Waals surface area contributed by atoms with Crippen molar-refractivity contribution in [1.82, 2.24) is 15.2 Å². The van der Waals surface area contributed by atoms with Crippen molar-refractivity contribution in [2.45, 2.75) is 0 Å². The van der Waals surface area contributed by atoms with E-state index < -0.39 is 11.4 Å². The number of nitrogens with one attached hydrogen (secondary N) is 1.